The fourth-order valence-electron chi connectivity index (χ4n) is 7.50. The van der Waals surface area contributed by atoms with Crippen molar-refractivity contribution in [3.63, 3.8) is 0 Å². The molecule has 0 aliphatic heterocycles. The summed E-state index contributed by atoms with van der Waals surface area (Å²) in [6, 6.07) is 1.62. The van der Waals surface area contributed by atoms with E-state index in [9.17, 15) is 42.2 Å². The molecular weight excluding hydrogens is 576 g/mol. The number of amides is 2. The van der Waals surface area contributed by atoms with Crippen LogP contribution >= 0.6 is 0 Å². The van der Waals surface area contributed by atoms with E-state index in [0.717, 1.165) is 18.9 Å². The van der Waals surface area contributed by atoms with Crippen LogP contribution in [0.3, 0.4) is 0 Å². The number of benzene rings is 1. The largest absolute Gasteiger partial charge is 0.496 e. The number of carbonyl (C=O) groups excluding carboxylic acids is 2. The number of nitrogens with one attached hydrogen (secondary N) is 2. The van der Waals surface area contributed by atoms with Crippen molar-refractivity contribution in [3.8, 4) is 11.5 Å². The van der Waals surface area contributed by atoms with Gasteiger partial charge in [-0.25, -0.2) is 4.39 Å². The second-order valence-electron chi connectivity index (χ2n) is 12.8. The molecule has 2 amide bonds. The van der Waals surface area contributed by atoms with Crippen molar-refractivity contribution in [2.24, 2.45) is 28.6 Å². The Morgan fingerprint density at radius 2 is 1.70 bits per heavy atom. The number of rotatable bonds is 10. The van der Waals surface area contributed by atoms with Gasteiger partial charge in [0.2, 0.25) is 5.91 Å². The molecular formula is C30H38F4N2O7. The molecule has 4 atom stereocenters. The molecule has 4 fully saturated rings. The first-order chi connectivity index (χ1) is 20.3. The maximum Gasteiger partial charge on any atom is 0.396 e. The van der Waals surface area contributed by atoms with Crippen LogP contribution in [0.5, 0.6) is 11.5 Å². The number of carboxylic acids is 1. The van der Waals surface area contributed by atoms with Crippen LogP contribution in [0.15, 0.2) is 12.1 Å². The van der Waals surface area contributed by atoms with Crippen molar-refractivity contribution in [2.75, 3.05) is 20.3 Å². The van der Waals surface area contributed by atoms with Gasteiger partial charge in [-0.1, -0.05) is 6.42 Å². The van der Waals surface area contributed by atoms with Crippen LogP contribution in [0.2, 0.25) is 0 Å². The average Bonchev–Trinajstić information content (AvgIpc) is 3.55. The summed E-state index contributed by atoms with van der Waals surface area (Å²) in [6.45, 7) is -0.995. The van der Waals surface area contributed by atoms with E-state index in [1.54, 1.807) is 0 Å². The molecule has 1 aromatic rings. The van der Waals surface area contributed by atoms with Gasteiger partial charge in [0.15, 0.2) is 11.6 Å². The predicted molar refractivity (Wildman–Crippen MR) is 144 cm³/mol. The summed E-state index contributed by atoms with van der Waals surface area (Å²) in [5.41, 5.74) is -3.20. The molecule has 238 valence electrons. The van der Waals surface area contributed by atoms with Crippen molar-refractivity contribution in [1.29, 1.82) is 0 Å². The van der Waals surface area contributed by atoms with E-state index in [-0.39, 0.29) is 67.4 Å². The number of aliphatic carboxylic acids is 1. The van der Waals surface area contributed by atoms with Crippen LogP contribution in [-0.4, -0.2) is 66.6 Å². The first-order valence-electron chi connectivity index (χ1n) is 14.9. The zero-order chi connectivity index (χ0) is 31.2. The number of fused-ring (bicyclic) bond motifs is 2. The van der Waals surface area contributed by atoms with Gasteiger partial charge in [0.1, 0.15) is 5.75 Å². The molecule has 13 heteroatoms. The Morgan fingerprint density at radius 3 is 2.26 bits per heavy atom. The molecule has 4 aliphatic carbocycles. The molecule has 43 heavy (non-hydrogen) atoms. The lowest BCUT2D eigenvalue weighted by Gasteiger charge is -2.43. The molecule has 0 radical (unpaired) electrons. The van der Waals surface area contributed by atoms with E-state index in [1.807, 2.05) is 0 Å². The number of ether oxygens (including phenoxy) is 2. The maximum absolute atomic E-state index is 15.0. The normalized spacial score (nSPS) is 31.2. The van der Waals surface area contributed by atoms with E-state index in [0.29, 0.717) is 12.8 Å². The van der Waals surface area contributed by atoms with E-state index >= 15 is 0 Å². The highest BCUT2D eigenvalue weighted by atomic mass is 19.4. The van der Waals surface area contributed by atoms with Gasteiger partial charge in [-0.3, -0.25) is 14.4 Å². The van der Waals surface area contributed by atoms with Crippen LogP contribution in [0.1, 0.15) is 74.6 Å². The number of alkyl halides is 3. The molecule has 0 aromatic heterocycles. The molecule has 0 unspecified atom stereocenters. The topological polar surface area (TPSA) is 134 Å². The summed E-state index contributed by atoms with van der Waals surface area (Å²) in [4.78, 5) is 38.4. The van der Waals surface area contributed by atoms with E-state index in [2.05, 4.69) is 10.6 Å². The predicted octanol–water partition coefficient (Wildman–Crippen LogP) is 4.21. The van der Waals surface area contributed by atoms with Gasteiger partial charge >= 0.3 is 12.1 Å². The molecule has 5 rings (SSSR count). The second kappa shape index (κ2) is 11.8. The van der Waals surface area contributed by atoms with Gasteiger partial charge in [0.25, 0.3) is 5.91 Å². The molecule has 4 aliphatic rings. The zero-order valence-electron chi connectivity index (χ0n) is 24.0. The molecule has 0 saturated heterocycles. The fraction of sp³-hybridized carbons (Fsp3) is 0.700. The quantitative estimate of drug-likeness (QED) is 0.290. The lowest BCUT2D eigenvalue weighted by atomic mass is 9.68. The summed E-state index contributed by atoms with van der Waals surface area (Å²) < 4.78 is 67.0. The highest BCUT2D eigenvalue weighted by molar-refractivity contribution is 5.98. The molecule has 4 N–H and O–H groups in total. The smallest absolute Gasteiger partial charge is 0.396 e. The third-order valence-electron chi connectivity index (χ3n) is 10.5. The lowest BCUT2D eigenvalue weighted by molar-refractivity contribution is -0.248. The zero-order valence-corrected chi connectivity index (χ0v) is 24.0. The van der Waals surface area contributed by atoms with Gasteiger partial charge in [-0.2, -0.15) is 13.2 Å². The van der Waals surface area contributed by atoms with Gasteiger partial charge < -0.3 is 30.3 Å². The minimum absolute atomic E-state index is 0.0181. The van der Waals surface area contributed by atoms with Gasteiger partial charge in [0.05, 0.1) is 42.1 Å². The Hall–Kier alpha value is -3.09. The highest BCUT2D eigenvalue weighted by Gasteiger charge is 2.59. The van der Waals surface area contributed by atoms with Crippen LogP contribution in [0.25, 0.3) is 0 Å². The molecule has 0 heterocycles. The highest BCUT2D eigenvalue weighted by Crippen LogP contribution is 2.53. The number of carbonyl (C=O) groups is 3. The monoisotopic (exact) mass is 614 g/mol. The van der Waals surface area contributed by atoms with Crippen molar-refractivity contribution in [3.05, 3.63) is 23.5 Å². The van der Waals surface area contributed by atoms with Crippen molar-refractivity contribution in [2.45, 2.75) is 82.5 Å². The number of aliphatic hydroxyl groups excluding tert-OH is 1. The Bertz CT molecular complexity index is 1240. The summed E-state index contributed by atoms with van der Waals surface area (Å²) in [6.07, 6.45) is -1.52. The van der Waals surface area contributed by atoms with Crippen LogP contribution < -0.4 is 20.1 Å². The van der Waals surface area contributed by atoms with Gasteiger partial charge in [-0.15, -0.1) is 0 Å². The number of carboxylic acid groups (broad SMARTS) is 1. The number of hydrogen-bond acceptors (Lipinski definition) is 6. The van der Waals surface area contributed by atoms with Crippen molar-refractivity contribution in [1.82, 2.24) is 10.6 Å². The maximum atomic E-state index is 15.0. The Balaban J connectivity index is 1.28. The first kappa shape index (κ1) is 31.3. The molecule has 2 bridgehead atoms. The Labute approximate surface area is 246 Å². The molecule has 0 spiro atoms. The SMILES string of the molecule is COc1cc(F)c(O[C@H]2CC[C@@](CO)(C(=O)O)CC2)cc1C(=O)N[C@@H]1[C@H]2CC[C@H](C2)[C@@H]1C(=O)NCC1(C(F)(F)F)CCC1. The van der Waals surface area contributed by atoms with E-state index < -0.39 is 71.8 Å². The van der Waals surface area contributed by atoms with Gasteiger partial charge in [0, 0.05) is 18.7 Å². The molecule has 4 saturated carbocycles. The Kier molecular flexibility index (Phi) is 8.58. The number of halogens is 4. The summed E-state index contributed by atoms with van der Waals surface area (Å²) >= 11 is 0. The Morgan fingerprint density at radius 1 is 1.02 bits per heavy atom. The van der Waals surface area contributed by atoms with Crippen molar-refractivity contribution < 1.29 is 51.6 Å². The molecule has 1 aromatic carbocycles. The second-order valence-corrected chi connectivity index (χ2v) is 12.8. The van der Waals surface area contributed by atoms with Crippen LogP contribution in [0, 0.1) is 34.4 Å². The van der Waals surface area contributed by atoms with E-state index in [4.69, 9.17) is 9.47 Å². The van der Waals surface area contributed by atoms with Crippen LogP contribution in [0.4, 0.5) is 17.6 Å². The fourth-order valence-corrected chi connectivity index (χ4v) is 7.50. The average molecular weight is 615 g/mol. The minimum atomic E-state index is -4.41. The van der Waals surface area contributed by atoms with Gasteiger partial charge in [-0.05, 0) is 75.7 Å². The minimum Gasteiger partial charge on any atom is -0.496 e. The third-order valence-corrected chi connectivity index (χ3v) is 10.5. The van der Waals surface area contributed by atoms with Crippen molar-refractivity contribution >= 4 is 17.8 Å². The first-order valence-corrected chi connectivity index (χ1v) is 14.9. The summed E-state index contributed by atoms with van der Waals surface area (Å²) in [5, 5.41) is 24.5. The molecule has 9 nitrogen and oxygen atoms in total. The number of aliphatic hydroxyl groups is 1. The third kappa shape index (κ3) is 5.76. The summed E-state index contributed by atoms with van der Waals surface area (Å²) in [7, 11) is 1.28. The number of hydrogen-bond donors (Lipinski definition) is 4. The standard InChI is InChI=1S/C30H38F4N2O7/c1-42-21-13-20(31)22(43-18-5-9-28(15-37,10-6-18)27(40)41)12-19(21)25(38)36-24-17-4-3-16(11-17)23(24)26(39)35-14-29(7-2-8-29)30(32,33)34/h12-13,16-18,23-24,37H,2-11,14-15H2,1H3,(H,35,39)(H,36,38)(H,40,41)/t16-,17+,18-,23+,24-,28+/m1/s1. The number of methoxy groups -OCH3 is 1. The summed E-state index contributed by atoms with van der Waals surface area (Å²) in [5.74, 6) is -4.04. The van der Waals surface area contributed by atoms with Crippen LogP contribution in [-0.2, 0) is 9.59 Å². The van der Waals surface area contributed by atoms with E-state index in [1.165, 1.54) is 13.2 Å². The lowest BCUT2D eigenvalue weighted by Crippen LogP contribution is -2.55.